The molecule has 0 aromatic heterocycles. The van der Waals surface area contributed by atoms with E-state index in [1.165, 1.54) is 0 Å². The average molecular weight is 243 g/mol. The van der Waals surface area contributed by atoms with Gasteiger partial charge in [-0.05, 0) is 11.6 Å². The number of fused-ring (bicyclic) bond motifs is 1. The summed E-state index contributed by atoms with van der Waals surface area (Å²) in [7, 11) is 0. The zero-order valence-electron chi connectivity index (χ0n) is 9.83. The molecule has 2 rings (SSSR count). The van der Waals surface area contributed by atoms with Crippen LogP contribution in [0.25, 0.3) is 10.4 Å². The van der Waals surface area contributed by atoms with Gasteiger partial charge in [0.1, 0.15) is 11.3 Å². The van der Waals surface area contributed by atoms with Crippen molar-refractivity contribution in [3.63, 3.8) is 0 Å². The fraction of sp³-hybridized carbons (Fsp3) is 0.417. The van der Waals surface area contributed by atoms with Gasteiger partial charge >= 0.3 is 0 Å². The number of para-hydroxylation sites is 1. The topological polar surface area (TPSA) is 93.8 Å². The summed E-state index contributed by atoms with van der Waals surface area (Å²) in [6.45, 7) is 1.29. The Morgan fingerprint density at radius 2 is 2.39 bits per heavy atom. The van der Waals surface area contributed by atoms with Crippen LogP contribution in [-0.4, -0.2) is 19.7 Å². The molecule has 1 unspecified atom stereocenters. The van der Waals surface area contributed by atoms with Crippen LogP contribution < -0.4 is 10.1 Å². The van der Waals surface area contributed by atoms with Crippen molar-refractivity contribution >= 4 is 0 Å². The molecule has 1 aliphatic rings. The van der Waals surface area contributed by atoms with Gasteiger partial charge in [-0.1, -0.05) is 23.3 Å². The Labute approximate surface area is 105 Å². The van der Waals surface area contributed by atoms with Gasteiger partial charge in [-0.2, -0.15) is 5.26 Å². The van der Waals surface area contributed by atoms with E-state index in [0.717, 1.165) is 11.3 Å². The molecule has 0 saturated heterocycles. The van der Waals surface area contributed by atoms with Crippen LogP contribution in [0.4, 0.5) is 0 Å². The molecule has 1 aromatic carbocycles. The number of ether oxygens (including phenoxy) is 1. The second-order valence-corrected chi connectivity index (χ2v) is 3.99. The van der Waals surface area contributed by atoms with Crippen molar-refractivity contribution in [2.75, 3.05) is 19.7 Å². The van der Waals surface area contributed by atoms with Crippen LogP contribution in [0, 0.1) is 11.3 Å². The van der Waals surface area contributed by atoms with E-state index >= 15 is 0 Å². The summed E-state index contributed by atoms with van der Waals surface area (Å²) in [5.74, 6) is 0.738. The summed E-state index contributed by atoms with van der Waals surface area (Å²) < 4.78 is 5.53. The fourth-order valence-corrected chi connectivity index (χ4v) is 2.10. The fourth-order valence-electron chi connectivity index (χ4n) is 2.10. The predicted molar refractivity (Wildman–Crippen MR) is 65.9 cm³/mol. The minimum Gasteiger partial charge on any atom is -0.493 e. The Hall–Kier alpha value is -2.22. The molecular weight excluding hydrogens is 230 g/mol. The molecule has 1 atom stereocenters. The van der Waals surface area contributed by atoms with Gasteiger partial charge in [-0.15, -0.1) is 0 Å². The summed E-state index contributed by atoms with van der Waals surface area (Å²) >= 11 is 0. The highest BCUT2D eigenvalue weighted by atomic mass is 16.5. The Kier molecular flexibility index (Phi) is 3.68. The normalized spacial score (nSPS) is 21.1. The van der Waals surface area contributed by atoms with Gasteiger partial charge in [0.05, 0.1) is 12.7 Å². The first-order valence-electron chi connectivity index (χ1n) is 5.72. The van der Waals surface area contributed by atoms with Crippen LogP contribution in [-0.2, 0) is 5.54 Å². The molecule has 1 aromatic rings. The maximum atomic E-state index is 9.47. The minimum atomic E-state index is -0.750. The molecule has 0 fully saturated rings. The third-order valence-electron chi connectivity index (χ3n) is 2.97. The first kappa shape index (κ1) is 12.2. The monoisotopic (exact) mass is 243 g/mol. The quantitative estimate of drug-likeness (QED) is 0.379. The molecule has 0 bridgehead atoms. The summed E-state index contributed by atoms with van der Waals surface area (Å²) in [5, 5.41) is 16.1. The van der Waals surface area contributed by atoms with E-state index in [-0.39, 0.29) is 0 Å². The lowest BCUT2D eigenvalue weighted by Crippen LogP contribution is -2.45. The molecule has 6 nitrogen and oxygen atoms in total. The lowest BCUT2D eigenvalue weighted by molar-refractivity contribution is 0.221. The highest BCUT2D eigenvalue weighted by Crippen LogP contribution is 2.36. The number of nitrogens with one attached hydrogen (secondary N) is 1. The second-order valence-electron chi connectivity index (χ2n) is 3.99. The molecule has 0 amide bonds. The van der Waals surface area contributed by atoms with E-state index in [0.29, 0.717) is 26.1 Å². The number of hydrogen-bond acceptors (Lipinski definition) is 4. The van der Waals surface area contributed by atoms with Crippen LogP contribution in [0.1, 0.15) is 12.0 Å². The van der Waals surface area contributed by atoms with Crippen LogP contribution >= 0.6 is 0 Å². The molecule has 0 aliphatic carbocycles. The minimum absolute atomic E-state index is 0.322. The Balaban J connectivity index is 2.23. The number of azide groups is 1. The number of benzene rings is 1. The van der Waals surface area contributed by atoms with Crippen molar-refractivity contribution in [3.8, 4) is 11.8 Å². The molecule has 92 valence electrons. The van der Waals surface area contributed by atoms with E-state index in [1.54, 1.807) is 0 Å². The third kappa shape index (κ3) is 2.23. The highest BCUT2D eigenvalue weighted by molar-refractivity contribution is 5.44. The van der Waals surface area contributed by atoms with Gasteiger partial charge in [0.2, 0.25) is 0 Å². The third-order valence-corrected chi connectivity index (χ3v) is 2.97. The maximum absolute atomic E-state index is 9.47. The second kappa shape index (κ2) is 5.41. The lowest BCUT2D eigenvalue weighted by atomic mass is 9.86. The van der Waals surface area contributed by atoms with Gasteiger partial charge in [-0.25, -0.2) is 0 Å². The van der Waals surface area contributed by atoms with Crippen LogP contribution in [0.5, 0.6) is 5.75 Å². The lowest BCUT2D eigenvalue weighted by Gasteiger charge is -2.33. The molecule has 6 heteroatoms. The standard InChI is InChI=1S/C12H13N5O/c13-9-12(15-6-7-16-17-14)5-8-18-11-4-2-1-3-10(11)12/h1-4,15H,5-8H2. The largest absolute Gasteiger partial charge is 0.493 e. The molecule has 1 N–H and O–H groups in total. The van der Waals surface area contributed by atoms with Crippen molar-refractivity contribution in [2.24, 2.45) is 5.11 Å². The van der Waals surface area contributed by atoms with E-state index < -0.39 is 5.54 Å². The SMILES string of the molecule is N#CC1(NCCN=[N+]=[N-])CCOc2ccccc21. The average Bonchev–Trinajstić information content (AvgIpc) is 2.44. The number of hydrogen-bond donors (Lipinski definition) is 1. The molecule has 1 aliphatic heterocycles. The first-order chi connectivity index (χ1) is 8.82. The molecule has 0 saturated carbocycles. The Morgan fingerprint density at radius 3 is 3.17 bits per heavy atom. The van der Waals surface area contributed by atoms with Gasteiger partial charge < -0.3 is 4.74 Å². The summed E-state index contributed by atoms with van der Waals surface area (Å²) in [6.07, 6.45) is 0.580. The van der Waals surface area contributed by atoms with Gasteiger partial charge in [0, 0.05) is 30.0 Å². The highest BCUT2D eigenvalue weighted by Gasteiger charge is 2.37. The van der Waals surface area contributed by atoms with E-state index in [4.69, 9.17) is 10.3 Å². The van der Waals surface area contributed by atoms with Crippen LogP contribution in [0.3, 0.4) is 0 Å². The van der Waals surface area contributed by atoms with E-state index in [9.17, 15) is 5.26 Å². The molecule has 1 heterocycles. The van der Waals surface area contributed by atoms with Crippen LogP contribution in [0.2, 0.25) is 0 Å². The molecule has 0 radical (unpaired) electrons. The predicted octanol–water partition coefficient (Wildman–Crippen LogP) is 2.09. The zero-order valence-corrected chi connectivity index (χ0v) is 9.83. The Bertz CT molecular complexity index is 517. The van der Waals surface area contributed by atoms with Crippen molar-refractivity contribution in [1.82, 2.24) is 5.32 Å². The van der Waals surface area contributed by atoms with Crippen molar-refractivity contribution in [2.45, 2.75) is 12.0 Å². The molecule has 18 heavy (non-hydrogen) atoms. The summed E-state index contributed by atoms with van der Waals surface area (Å²) in [4.78, 5) is 2.69. The number of nitrogens with zero attached hydrogens (tertiary/aromatic N) is 4. The Morgan fingerprint density at radius 1 is 1.56 bits per heavy atom. The van der Waals surface area contributed by atoms with Gasteiger partial charge in [-0.3, -0.25) is 5.32 Å². The van der Waals surface area contributed by atoms with Crippen LogP contribution in [0.15, 0.2) is 29.4 Å². The van der Waals surface area contributed by atoms with E-state index in [1.807, 2.05) is 24.3 Å². The molecular formula is C12H13N5O. The number of nitriles is 1. The molecule has 0 spiro atoms. The van der Waals surface area contributed by atoms with Gasteiger partial charge in [0.15, 0.2) is 0 Å². The first-order valence-corrected chi connectivity index (χ1v) is 5.72. The number of rotatable bonds is 4. The summed E-state index contributed by atoms with van der Waals surface area (Å²) in [6, 6.07) is 9.83. The smallest absolute Gasteiger partial charge is 0.139 e. The van der Waals surface area contributed by atoms with Crippen molar-refractivity contribution in [1.29, 1.82) is 5.26 Å². The van der Waals surface area contributed by atoms with E-state index in [2.05, 4.69) is 21.4 Å². The maximum Gasteiger partial charge on any atom is 0.139 e. The van der Waals surface area contributed by atoms with Gasteiger partial charge in [0.25, 0.3) is 0 Å². The zero-order chi connectivity index (χ0) is 12.8. The van der Waals surface area contributed by atoms with Crippen molar-refractivity contribution < 1.29 is 4.74 Å². The van der Waals surface area contributed by atoms with Crippen molar-refractivity contribution in [3.05, 3.63) is 40.3 Å². The summed E-state index contributed by atoms with van der Waals surface area (Å²) in [5.41, 5.74) is 8.32.